The van der Waals surface area contributed by atoms with Gasteiger partial charge in [0.25, 0.3) is 0 Å². The maximum absolute atomic E-state index is 13.0. The standard InChI is InChI=1S/C15H23FN2O3/c1-11(6-7-19)9-17-15(20)18-10-12(2)21-14-5-3-4-13(16)8-14/h3-5,8,11-12,19H,6-7,9-10H2,1-2H3,(H2,17,18,20). The monoisotopic (exact) mass is 298 g/mol. The lowest BCUT2D eigenvalue weighted by Gasteiger charge is -2.16. The van der Waals surface area contributed by atoms with Crippen molar-refractivity contribution in [2.24, 2.45) is 5.92 Å². The largest absolute Gasteiger partial charge is 0.489 e. The fourth-order valence-electron chi connectivity index (χ4n) is 1.70. The van der Waals surface area contributed by atoms with E-state index in [1.165, 1.54) is 12.1 Å². The molecular weight excluding hydrogens is 275 g/mol. The number of hydrogen-bond acceptors (Lipinski definition) is 3. The molecule has 1 aromatic rings. The Kier molecular flexibility index (Phi) is 7.53. The molecule has 118 valence electrons. The van der Waals surface area contributed by atoms with Crippen molar-refractivity contribution in [3.63, 3.8) is 0 Å². The molecule has 6 heteroatoms. The number of ether oxygens (including phenoxy) is 1. The van der Waals surface area contributed by atoms with Crippen molar-refractivity contribution in [2.75, 3.05) is 19.7 Å². The van der Waals surface area contributed by atoms with Crippen LogP contribution in [0.25, 0.3) is 0 Å². The molecule has 5 nitrogen and oxygen atoms in total. The molecule has 1 aromatic carbocycles. The van der Waals surface area contributed by atoms with Gasteiger partial charge in [-0.1, -0.05) is 13.0 Å². The SMILES string of the molecule is CC(CCO)CNC(=O)NCC(C)Oc1cccc(F)c1. The molecule has 0 heterocycles. The number of benzene rings is 1. The summed E-state index contributed by atoms with van der Waals surface area (Å²) >= 11 is 0. The number of amides is 2. The molecule has 2 atom stereocenters. The van der Waals surface area contributed by atoms with Crippen LogP contribution in [0.3, 0.4) is 0 Å². The van der Waals surface area contributed by atoms with Gasteiger partial charge < -0.3 is 20.5 Å². The highest BCUT2D eigenvalue weighted by molar-refractivity contribution is 5.73. The van der Waals surface area contributed by atoms with Gasteiger partial charge in [-0.05, 0) is 31.4 Å². The third-order valence-corrected chi connectivity index (χ3v) is 2.92. The molecule has 0 saturated carbocycles. The van der Waals surface area contributed by atoms with Gasteiger partial charge in [0.15, 0.2) is 0 Å². The molecule has 1 rings (SSSR count). The summed E-state index contributed by atoms with van der Waals surface area (Å²) in [6, 6.07) is 5.59. The Balaban J connectivity index is 2.23. The minimum atomic E-state index is -0.358. The molecule has 0 bridgehead atoms. The summed E-state index contributed by atoms with van der Waals surface area (Å²) in [5, 5.41) is 14.2. The first kappa shape index (κ1) is 17.2. The number of carbonyl (C=O) groups excluding carboxylic acids is 1. The van der Waals surface area contributed by atoms with E-state index in [2.05, 4.69) is 10.6 Å². The smallest absolute Gasteiger partial charge is 0.314 e. The van der Waals surface area contributed by atoms with Crippen molar-refractivity contribution < 1.29 is 19.0 Å². The van der Waals surface area contributed by atoms with Crippen LogP contribution in [0.2, 0.25) is 0 Å². The predicted octanol–water partition coefficient (Wildman–Crippen LogP) is 1.91. The first-order chi connectivity index (χ1) is 10.0. The maximum atomic E-state index is 13.0. The Labute approximate surface area is 124 Å². The highest BCUT2D eigenvalue weighted by atomic mass is 19.1. The van der Waals surface area contributed by atoms with Crippen LogP contribution in [-0.4, -0.2) is 36.9 Å². The third-order valence-electron chi connectivity index (χ3n) is 2.92. The zero-order chi connectivity index (χ0) is 15.7. The summed E-state index contributed by atoms with van der Waals surface area (Å²) in [6.07, 6.45) is 0.381. The number of rotatable bonds is 8. The van der Waals surface area contributed by atoms with Gasteiger partial charge in [-0.15, -0.1) is 0 Å². The first-order valence-corrected chi connectivity index (χ1v) is 7.06. The van der Waals surface area contributed by atoms with Gasteiger partial charge in [-0.3, -0.25) is 0 Å². The van der Waals surface area contributed by atoms with Gasteiger partial charge in [0.2, 0.25) is 0 Å². The number of carbonyl (C=O) groups is 1. The van der Waals surface area contributed by atoms with Gasteiger partial charge in [-0.25, -0.2) is 9.18 Å². The molecule has 21 heavy (non-hydrogen) atoms. The molecule has 0 aromatic heterocycles. The molecule has 0 spiro atoms. The number of nitrogens with one attached hydrogen (secondary N) is 2. The van der Waals surface area contributed by atoms with E-state index in [1.807, 2.05) is 6.92 Å². The molecule has 0 aliphatic rings. The van der Waals surface area contributed by atoms with Gasteiger partial charge in [-0.2, -0.15) is 0 Å². The predicted molar refractivity (Wildman–Crippen MR) is 78.8 cm³/mol. The molecule has 2 amide bonds. The lowest BCUT2D eigenvalue weighted by molar-refractivity contribution is 0.205. The summed E-state index contributed by atoms with van der Waals surface area (Å²) < 4.78 is 18.5. The number of halogens is 1. The van der Waals surface area contributed by atoms with Crippen LogP contribution in [-0.2, 0) is 0 Å². The van der Waals surface area contributed by atoms with Crippen LogP contribution in [0.5, 0.6) is 5.75 Å². The number of urea groups is 1. The zero-order valence-corrected chi connectivity index (χ0v) is 12.4. The number of aliphatic hydroxyl groups is 1. The molecular formula is C15H23FN2O3. The average Bonchev–Trinajstić information content (AvgIpc) is 2.43. The van der Waals surface area contributed by atoms with E-state index in [1.54, 1.807) is 19.1 Å². The van der Waals surface area contributed by atoms with Gasteiger partial charge in [0.05, 0.1) is 6.54 Å². The van der Waals surface area contributed by atoms with E-state index in [0.29, 0.717) is 25.3 Å². The van der Waals surface area contributed by atoms with Gasteiger partial charge in [0, 0.05) is 19.2 Å². The van der Waals surface area contributed by atoms with Crippen molar-refractivity contribution in [2.45, 2.75) is 26.4 Å². The van der Waals surface area contributed by atoms with E-state index >= 15 is 0 Å². The van der Waals surface area contributed by atoms with Crippen molar-refractivity contribution in [3.8, 4) is 5.75 Å². The van der Waals surface area contributed by atoms with Crippen LogP contribution in [0, 0.1) is 11.7 Å². The van der Waals surface area contributed by atoms with E-state index in [4.69, 9.17) is 9.84 Å². The second-order valence-corrected chi connectivity index (χ2v) is 5.09. The van der Waals surface area contributed by atoms with E-state index in [0.717, 1.165) is 0 Å². The Morgan fingerprint density at radius 1 is 1.33 bits per heavy atom. The highest BCUT2D eigenvalue weighted by Gasteiger charge is 2.08. The second-order valence-electron chi connectivity index (χ2n) is 5.09. The van der Waals surface area contributed by atoms with E-state index in [-0.39, 0.29) is 30.5 Å². The Morgan fingerprint density at radius 3 is 2.71 bits per heavy atom. The molecule has 0 fully saturated rings. The van der Waals surface area contributed by atoms with Crippen LogP contribution in [0.1, 0.15) is 20.3 Å². The topological polar surface area (TPSA) is 70.6 Å². The third kappa shape index (κ3) is 7.51. The maximum Gasteiger partial charge on any atom is 0.314 e. The quantitative estimate of drug-likeness (QED) is 0.686. The zero-order valence-electron chi connectivity index (χ0n) is 12.4. The van der Waals surface area contributed by atoms with Crippen molar-refractivity contribution in [1.82, 2.24) is 10.6 Å². The molecule has 0 saturated heterocycles. The van der Waals surface area contributed by atoms with Gasteiger partial charge in [0.1, 0.15) is 17.7 Å². The summed E-state index contributed by atoms with van der Waals surface area (Å²) in [5.74, 6) is 0.297. The minimum Gasteiger partial charge on any atom is -0.489 e. The molecule has 3 N–H and O–H groups in total. The summed E-state index contributed by atoms with van der Waals surface area (Å²) in [5.41, 5.74) is 0. The number of hydrogen-bond donors (Lipinski definition) is 3. The minimum absolute atomic E-state index is 0.114. The average molecular weight is 298 g/mol. The summed E-state index contributed by atoms with van der Waals surface area (Å²) in [6.45, 7) is 4.68. The molecule has 0 aliphatic heterocycles. The molecule has 0 radical (unpaired) electrons. The Morgan fingerprint density at radius 2 is 2.05 bits per heavy atom. The lowest BCUT2D eigenvalue weighted by atomic mass is 10.1. The van der Waals surface area contributed by atoms with Crippen LogP contribution in [0.15, 0.2) is 24.3 Å². The molecule has 0 aliphatic carbocycles. The summed E-state index contributed by atoms with van der Waals surface area (Å²) in [7, 11) is 0. The normalized spacial score (nSPS) is 13.3. The van der Waals surface area contributed by atoms with Crippen LogP contribution in [0.4, 0.5) is 9.18 Å². The van der Waals surface area contributed by atoms with Crippen molar-refractivity contribution in [1.29, 1.82) is 0 Å². The second kappa shape index (κ2) is 9.18. The van der Waals surface area contributed by atoms with Crippen LogP contribution >= 0.6 is 0 Å². The van der Waals surface area contributed by atoms with Crippen LogP contribution < -0.4 is 15.4 Å². The lowest BCUT2D eigenvalue weighted by Crippen LogP contribution is -2.42. The first-order valence-electron chi connectivity index (χ1n) is 7.06. The van der Waals surface area contributed by atoms with E-state index in [9.17, 15) is 9.18 Å². The Hall–Kier alpha value is -1.82. The van der Waals surface area contributed by atoms with E-state index < -0.39 is 0 Å². The fourth-order valence-corrected chi connectivity index (χ4v) is 1.70. The highest BCUT2D eigenvalue weighted by Crippen LogP contribution is 2.13. The Bertz CT molecular complexity index is 443. The summed E-state index contributed by atoms with van der Waals surface area (Å²) in [4.78, 5) is 11.6. The van der Waals surface area contributed by atoms with Gasteiger partial charge >= 0.3 is 6.03 Å². The van der Waals surface area contributed by atoms with Crippen molar-refractivity contribution >= 4 is 6.03 Å². The number of aliphatic hydroxyl groups excluding tert-OH is 1. The molecule has 2 unspecified atom stereocenters. The van der Waals surface area contributed by atoms with Crippen molar-refractivity contribution in [3.05, 3.63) is 30.1 Å². The fraction of sp³-hybridized carbons (Fsp3) is 0.533.